The van der Waals surface area contributed by atoms with Crippen LogP contribution in [0.2, 0.25) is 0 Å². The maximum absolute atomic E-state index is 11.4. The standard InChI is InChI=1S/C8H13N3O/c1-10(2)8(12)6-4-5-11(3)7(6)9/h4-5H,9H2,1-3H3. The van der Waals surface area contributed by atoms with Crippen molar-refractivity contribution in [3.05, 3.63) is 17.8 Å². The zero-order valence-corrected chi connectivity index (χ0v) is 7.53. The van der Waals surface area contributed by atoms with E-state index in [1.165, 1.54) is 4.90 Å². The van der Waals surface area contributed by atoms with Crippen molar-refractivity contribution < 1.29 is 4.79 Å². The van der Waals surface area contributed by atoms with Crippen molar-refractivity contribution in [2.45, 2.75) is 0 Å². The molecule has 4 heteroatoms. The van der Waals surface area contributed by atoms with E-state index in [4.69, 9.17) is 5.73 Å². The van der Waals surface area contributed by atoms with Gasteiger partial charge in [-0.25, -0.2) is 0 Å². The minimum atomic E-state index is -0.0619. The van der Waals surface area contributed by atoms with Crippen molar-refractivity contribution >= 4 is 11.7 Å². The van der Waals surface area contributed by atoms with E-state index in [0.29, 0.717) is 11.4 Å². The molecule has 1 aromatic rings. The monoisotopic (exact) mass is 167 g/mol. The largest absolute Gasteiger partial charge is 0.384 e. The van der Waals surface area contributed by atoms with Crippen LogP contribution in [0.4, 0.5) is 5.82 Å². The Labute approximate surface area is 71.6 Å². The SMILES string of the molecule is CN(C)C(=O)c1ccn(C)c1N. The van der Waals surface area contributed by atoms with Crippen LogP contribution in [0.3, 0.4) is 0 Å². The molecule has 0 aliphatic carbocycles. The predicted molar refractivity (Wildman–Crippen MR) is 47.8 cm³/mol. The molecule has 2 N–H and O–H groups in total. The second-order valence-electron chi connectivity index (χ2n) is 2.93. The van der Waals surface area contributed by atoms with Crippen LogP contribution in [-0.2, 0) is 7.05 Å². The number of rotatable bonds is 1. The van der Waals surface area contributed by atoms with Crippen molar-refractivity contribution in [3.63, 3.8) is 0 Å². The molecular weight excluding hydrogens is 154 g/mol. The van der Waals surface area contributed by atoms with Gasteiger partial charge in [-0.2, -0.15) is 0 Å². The van der Waals surface area contributed by atoms with Crippen LogP contribution in [0.5, 0.6) is 0 Å². The van der Waals surface area contributed by atoms with Gasteiger partial charge in [0.1, 0.15) is 5.82 Å². The van der Waals surface area contributed by atoms with E-state index in [2.05, 4.69) is 0 Å². The number of hydrogen-bond donors (Lipinski definition) is 1. The van der Waals surface area contributed by atoms with Gasteiger partial charge in [-0.15, -0.1) is 0 Å². The second kappa shape index (κ2) is 2.89. The molecule has 0 radical (unpaired) electrons. The van der Waals surface area contributed by atoms with Crippen LogP contribution in [0.15, 0.2) is 12.3 Å². The van der Waals surface area contributed by atoms with Gasteiger partial charge in [-0.05, 0) is 6.07 Å². The van der Waals surface area contributed by atoms with E-state index >= 15 is 0 Å². The highest BCUT2D eigenvalue weighted by molar-refractivity contribution is 5.98. The summed E-state index contributed by atoms with van der Waals surface area (Å²) in [6.45, 7) is 0. The zero-order chi connectivity index (χ0) is 9.30. The Morgan fingerprint density at radius 3 is 2.50 bits per heavy atom. The number of anilines is 1. The fourth-order valence-corrected chi connectivity index (χ4v) is 0.964. The number of nitrogens with zero attached hydrogens (tertiary/aromatic N) is 2. The molecule has 1 heterocycles. The number of carbonyl (C=O) groups excluding carboxylic acids is 1. The Morgan fingerprint density at radius 1 is 1.58 bits per heavy atom. The lowest BCUT2D eigenvalue weighted by Crippen LogP contribution is -2.22. The number of amides is 1. The maximum Gasteiger partial charge on any atom is 0.257 e. The van der Waals surface area contributed by atoms with Crippen LogP contribution in [-0.4, -0.2) is 29.5 Å². The van der Waals surface area contributed by atoms with Gasteiger partial charge in [-0.1, -0.05) is 0 Å². The molecule has 0 aromatic carbocycles. The van der Waals surface area contributed by atoms with E-state index in [0.717, 1.165) is 0 Å². The number of hydrogen-bond acceptors (Lipinski definition) is 2. The lowest BCUT2D eigenvalue weighted by Gasteiger charge is -2.09. The predicted octanol–water partition coefficient (Wildman–Crippen LogP) is 0.309. The van der Waals surface area contributed by atoms with Crippen molar-refractivity contribution in [2.24, 2.45) is 7.05 Å². The van der Waals surface area contributed by atoms with Crippen LogP contribution >= 0.6 is 0 Å². The Kier molecular flexibility index (Phi) is 2.08. The highest BCUT2D eigenvalue weighted by Crippen LogP contribution is 2.12. The summed E-state index contributed by atoms with van der Waals surface area (Å²) in [5.41, 5.74) is 6.21. The molecule has 0 unspecified atom stereocenters. The van der Waals surface area contributed by atoms with Gasteiger partial charge in [0.25, 0.3) is 5.91 Å². The first-order chi connectivity index (χ1) is 5.54. The molecule has 1 aromatic heterocycles. The van der Waals surface area contributed by atoms with E-state index in [-0.39, 0.29) is 5.91 Å². The Balaban J connectivity index is 3.04. The van der Waals surface area contributed by atoms with Crippen LogP contribution < -0.4 is 5.73 Å². The summed E-state index contributed by atoms with van der Waals surface area (Å²) in [5, 5.41) is 0. The van der Waals surface area contributed by atoms with E-state index < -0.39 is 0 Å². The molecule has 1 amide bonds. The summed E-state index contributed by atoms with van der Waals surface area (Å²) in [5.74, 6) is 0.446. The fraction of sp³-hybridized carbons (Fsp3) is 0.375. The first kappa shape index (κ1) is 8.64. The number of carbonyl (C=O) groups is 1. The molecule has 0 atom stereocenters. The Morgan fingerprint density at radius 2 is 2.17 bits per heavy atom. The maximum atomic E-state index is 11.4. The summed E-state index contributed by atoms with van der Waals surface area (Å²) in [4.78, 5) is 12.9. The topological polar surface area (TPSA) is 51.3 Å². The average molecular weight is 167 g/mol. The quantitative estimate of drug-likeness (QED) is 0.654. The molecule has 0 bridgehead atoms. The summed E-state index contributed by atoms with van der Waals surface area (Å²) >= 11 is 0. The molecule has 0 aliphatic rings. The normalized spacial score (nSPS) is 9.92. The minimum absolute atomic E-state index is 0.0619. The molecule has 66 valence electrons. The third kappa shape index (κ3) is 1.28. The molecule has 0 aliphatic heterocycles. The van der Waals surface area contributed by atoms with Gasteiger partial charge >= 0.3 is 0 Å². The molecule has 12 heavy (non-hydrogen) atoms. The minimum Gasteiger partial charge on any atom is -0.384 e. The average Bonchev–Trinajstić information content (AvgIpc) is 2.32. The Bertz CT molecular complexity index is 301. The molecule has 0 fully saturated rings. The van der Waals surface area contributed by atoms with Gasteiger partial charge in [-0.3, -0.25) is 4.79 Å². The van der Waals surface area contributed by atoms with Crippen molar-refractivity contribution in [2.75, 3.05) is 19.8 Å². The number of nitrogens with two attached hydrogens (primary N) is 1. The Hall–Kier alpha value is -1.45. The fourth-order valence-electron chi connectivity index (χ4n) is 0.964. The summed E-state index contributed by atoms with van der Waals surface area (Å²) in [6.07, 6.45) is 1.77. The van der Waals surface area contributed by atoms with Gasteiger partial charge in [0.2, 0.25) is 0 Å². The van der Waals surface area contributed by atoms with Crippen LogP contribution in [0, 0.1) is 0 Å². The number of aryl methyl sites for hydroxylation is 1. The van der Waals surface area contributed by atoms with E-state index in [1.54, 1.807) is 30.9 Å². The number of aromatic nitrogens is 1. The molecule has 0 spiro atoms. The van der Waals surface area contributed by atoms with Gasteiger partial charge in [0, 0.05) is 27.3 Å². The highest BCUT2D eigenvalue weighted by atomic mass is 16.2. The third-order valence-corrected chi connectivity index (χ3v) is 1.76. The van der Waals surface area contributed by atoms with Crippen molar-refractivity contribution in [1.82, 2.24) is 9.47 Å². The van der Waals surface area contributed by atoms with Crippen LogP contribution in [0.1, 0.15) is 10.4 Å². The molecular formula is C8H13N3O. The van der Waals surface area contributed by atoms with Gasteiger partial charge in [0.15, 0.2) is 0 Å². The lowest BCUT2D eigenvalue weighted by molar-refractivity contribution is 0.0828. The number of nitrogen functional groups attached to an aromatic ring is 1. The zero-order valence-electron chi connectivity index (χ0n) is 7.53. The van der Waals surface area contributed by atoms with Crippen molar-refractivity contribution in [3.8, 4) is 0 Å². The van der Waals surface area contributed by atoms with Crippen molar-refractivity contribution in [1.29, 1.82) is 0 Å². The summed E-state index contributed by atoms with van der Waals surface area (Å²) < 4.78 is 1.72. The first-order valence-electron chi connectivity index (χ1n) is 3.66. The molecule has 4 nitrogen and oxygen atoms in total. The van der Waals surface area contributed by atoms with Gasteiger partial charge < -0.3 is 15.2 Å². The van der Waals surface area contributed by atoms with Gasteiger partial charge in [0.05, 0.1) is 5.56 Å². The molecule has 1 rings (SSSR count). The third-order valence-electron chi connectivity index (χ3n) is 1.76. The summed E-state index contributed by atoms with van der Waals surface area (Å²) in [7, 11) is 5.21. The smallest absolute Gasteiger partial charge is 0.257 e. The van der Waals surface area contributed by atoms with E-state index in [9.17, 15) is 4.79 Å². The molecule has 0 saturated carbocycles. The first-order valence-corrected chi connectivity index (χ1v) is 3.66. The molecule has 0 saturated heterocycles. The lowest BCUT2D eigenvalue weighted by atomic mass is 10.3. The van der Waals surface area contributed by atoms with E-state index in [1.807, 2.05) is 7.05 Å². The van der Waals surface area contributed by atoms with Crippen LogP contribution in [0.25, 0.3) is 0 Å². The highest BCUT2D eigenvalue weighted by Gasteiger charge is 2.13. The second-order valence-corrected chi connectivity index (χ2v) is 2.93. The summed E-state index contributed by atoms with van der Waals surface area (Å²) in [6, 6.07) is 1.72.